The van der Waals surface area contributed by atoms with E-state index in [4.69, 9.17) is 16.9 Å². The van der Waals surface area contributed by atoms with Crippen molar-refractivity contribution in [2.24, 2.45) is 0 Å². The molecule has 1 atom stereocenters. The predicted octanol–water partition coefficient (Wildman–Crippen LogP) is 2.94. The average Bonchev–Trinajstić information content (AvgIpc) is 3.33. The van der Waals surface area contributed by atoms with Gasteiger partial charge in [-0.3, -0.25) is 9.59 Å². The Morgan fingerprint density at radius 3 is 2.77 bits per heavy atom. The summed E-state index contributed by atoms with van der Waals surface area (Å²) in [7, 11) is 3.34. The van der Waals surface area contributed by atoms with E-state index in [1.54, 1.807) is 46.1 Å². The Kier molecular flexibility index (Phi) is 6.68. The summed E-state index contributed by atoms with van der Waals surface area (Å²) in [6.45, 7) is 3.51. The number of benzene rings is 1. The summed E-state index contributed by atoms with van der Waals surface area (Å²) in [6, 6.07) is 6.36. The van der Waals surface area contributed by atoms with Crippen LogP contribution in [0.2, 0.25) is 5.02 Å². The Hall–Kier alpha value is -3.29. The molecule has 11 heteroatoms. The van der Waals surface area contributed by atoms with Crippen molar-refractivity contribution in [1.82, 2.24) is 30.0 Å². The molecule has 0 radical (unpaired) electrons. The van der Waals surface area contributed by atoms with Gasteiger partial charge in [0.1, 0.15) is 10.7 Å². The number of thiazole rings is 1. The molecular formula is C20H20ClN7O2S. The zero-order valence-electron chi connectivity index (χ0n) is 17.4. The van der Waals surface area contributed by atoms with E-state index in [9.17, 15) is 9.59 Å². The summed E-state index contributed by atoms with van der Waals surface area (Å²) in [5, 5.41) is 17.0. The highest BCUT2D eigenvalue weighted by molar-refractivity contribution is 7.16. The molecule has 2 amide bonds. The van der Waals surface area contributed by atoms with Gasteiger partial charge < -0.3 is 10.2 Å². The predicted molar refractivity (Wildman–Crippen MR) is 116 cm³/mol. The Balaban J connectivity index is 1.85. The second-order valence-corrected chi connectivity index (χ2v) is 8.46. The fourth-order valence-electron chi connectivity index (χ4n) is 2.85. The van der Waals surface area contributed by atoms with Crippen molar-refractivity contribution in [2.45, 2.75) is 26.3 Å². The van der Waals surface area contributed by atoms with Crippen molar-refractivity contribution >= 4 is 34.8 Å². The average molecular weight is 458 g/mol. The van der Waals surface area contributed by atoms with Gasteiger partial charge in [-0.2, -0.15) is 9.94 Å². The number of carbonyl (C=O) groups excluding carboxylic acids is 2. The van der Waals surface area contributed by atoms with Crippen molar-refractivity contribution in [3.8, 4) is 11.2 Å². The second-order valence-electron chi connectivity index (χ2n) is 7.01. The van der Waals surface area contributed by atoms with Crippen LogP contribution >= 0.6 is 22.9 Å². The molecule has 3 aromatic rings. The maximum absolute atomic E-state index is 12.8. The Labute approximate surface area is 188 Å². The van der Waals surface area contributed by atoms with Gasteiger partial charge in [-0.1, -0.05) is 22.9 Å². The zero-order valence-corrected chi connectivity index (χ0v) is 19.0. The number of rotatable bonds is 6. The normalized spacial score (nSPS) is 11.6. The van der Waals surface area contributed by atoms with Crippen LogP contribution in [0.5, 0.6) is 0 Å². The fraction of sp³-hybridized carbons (Fsp3) is 0.300. The van der Waals surface area contributed by atoms with Crippen molar-refractivity contribution in [3.63, 3.8) is 0 Å². The van der Waals surface area contributed by atoms with Crippen LogP contribution in [0.15, 0.2) is 24.4 Å². The van der Waals surface area contributed by atoms with Crippen LogP contribution in [0.3, 0.4) is 0 Å². The van der Waals surface area contributed by atoms with Crippen LogP contribution in [-0.4, -0.2) is 50.6 Å². The standard InChI is InChI=1S/C20H20ClN7O2S/c1-11(24-18(29)14-7-13(5-6-22)8-15(21)9-14)17-25-12(2)26-28(17)20-23-10-16(31-20)19(30)27(3)4/h7-11H,5H2,1-4H3,(H,24,29)/t11-/m0/s1. The number of carbonyl (C=O) groups is 2. The first-order valence-electron chi connectivity index (χ1n) is 9.28. The van der Waals surface area contributed by atoms with E-state index in [1.807, 2.05) is 6.07 Å². The minimum Gasteiger partial charge on any atom is -0.344 e. The molecule has 9 nitrogen and oxygen atoms in total. The van der Waals surface area contributed by atoms with Gasteiger partial charge >= 0.3 is 0 Å². The Morgan fingerprint density at radius 2 is 2.10 bits per heavy atom. The van der Waals surface area contributed by atoms with Crippen LogP contribution in [-0.2, 0) is 6.42 Å². The van der Waals surface area contributed by atoms with Crippen molar-refractivity contribution in [1.29, 1.82) is 5.26 Å². The number of aromatic nitrogens is 4. The number of nitrogens with zero attached hydrogens (tertiary/aromatic N) is 6. The third-order valence-electron chi connectivity index (χ3n) is 4.27. The fourth-order valence-corrected chi connectivity index (χ4v) is 4.01. The van der Waals surface area contributed by atoms with E-state index >= 15 is 0 Å². The minimum absolute atomic E-state index is 0.155. The molecule has 0 aliphatic heterocycles. The molecule has 0 unspecified atom stereocenters. The van der Waals surface area contributed by atoms with E-state index < -0.39 is 6.04 Å². The molecule has 31 heavy (non-hydrogen) atoms. The van der Waals surface area contributed by atoms with Crippen LogP contribution in [0.25, 0.3) is 5.13 Å². The van der Waals surface area contributed by atoms with Crippen LogP contribution in [0.4, 0.5) is 0 Å². The third kappa shape index (κ3) is 5.07. The molecule has 0 spiro atoms. The first kappa shape index (κ1) is 22.4. The second kappa shape index (κ2) is 9.24. The number of hydrogen-bond acceptors (Lipinski definition) is 7. The molecule has 2 aromatic heterocycles. The summed E-state index contributed by atoms with van der Waals surface area (Å²) < 4.78 is 1.52. The van der Waals surface area contributed by atoms with Gasteiger partial charge in [0.05, 0.1) is 24.7 Å². The lowest BCUT2D eigenvalue weighted by Gasteiger charge is -2.14. The van der Waals surface area contributed by atoms with Gasteiger partial charge in [-0.25, -0.2) is 9.97 Å². The largest absolute Gasteiger partial charge is 0.344 e. The molecule has 0 saturated carbocycles. The number of amides is 2. The lowest BCUT2D eigenvalue weighted by Crippen LogP contribution is -2.28. The summed E-state index contributed by atoms with van der Waals surface area (Å²) in [5.41, 5.74) is 1.01. The number of hydrogen-bond donors (Lipinski definition) is 1. The first-order valence-corrected chi connectivity index (χ1v) is 10.5. The zero-order chi connectivity index (χ0) is 22.7. The Morgan fingerprint density at radius 1 is 1.35 bits per heavy atom. The molecule has 1 aromatic carbocycles. The molecule has 160 valence electrons. The molecule has 1 N–H and O–H groups in total. The summed E-state index contributed by atoms with van der Waals surface area (Å²) in [4.78, 5) is 35.6. The molecule has 0 fully saturated rings. The minimum atomic E-state index is -0.510. The quantitative estimate of drug-likeness (QED) is 0.608. The Bertz CT molecular complexity index is 1180. The van der Waals surface area contributed by atoms with Gasteiger partial charge in [0, 0.05) is 24.7 Å². The first-order chi connectivity index (χ1) is 14.7. The van der Waals surface area contributed by atoms with E-state index in [1.165, 1.54) is 27.1 Å². The lowest BCUT2D eigenvalue weighted by molar-refractivity contribution is 0.0831. The van der Waals surface area contributed by atoms with E-state index in [-0.39, 0.29) is 18.2 Å². The monoisotopic (exact) mass is 457 g/mol. The van der Waals surface area contributed by atoms with Gasteiger partial charge in [0.25, 0.3) is 11.8 Å². The number of nitriles is 1. The van der Waals surface area contributed by atoms with Crippen molar-refractivity contribution in [3.05, 3.63) is 57.1 Å². The SMILES string of the molecule is Cc1nc([C@H](C)NC(=O)c2cc(Cl)cc(CC#N)c2)n(-c2ncc(C(=O)N(C)C)s2)n1. The van der Waals surface area contributed by atoms with Gasteiger partial charge in [0.15, 0.2) is 5.82 Å². The third-order valence-corrected chi connectivity index (χ3v) is 5.45. The van der Waals surface area contributed by atoms with Crippen LogP contribution < -0.4 is 5.32 Å². The van der Waals surface area contributed by atoms with E-state index in [2.05, 4.69) is 20.4 Å². The smallest absolute Gasteiger partial charge is 0.265 e. The highest BCUT2D eigenvalue weighted by Crippen LogP contribution is 2.23. The van der Waals surface area contributed by atoms with E-state index in [0.717, 1.165) is 0 Å². The number of nitrogens with one attached hydrogen (secondary N) is 1. The van der Waals surface area contributed by atoms with Gasteiger partial charge in [-0.05, 0) is 37.6 Å². The van der Waals surface area contributed by atoms with Crippen molar-refractivity contribution < 1.29 is 9.59 Å². The van der Waals surface area contributed by atoms with E-state index in [0.29, 0.717) is 37.8 Å². The molecule has 0 aliphatic rings. The summed E-state index contributed by atoms with van der Waals surface area (Å²) in [6.07, 6.45) is 1.65. The maximum atomic E-state index is 12.8. The highest BCUT2D eigenvalue weighted by atomic mass is 35.5. The molecule has 0 aliphatic carbocycles. The molecule has 2 heterocycles. The topological polar surface area (TPSA) is 117 Å². The summed E-state index contributed by atoms with van der Waals surface area (Å²) in [5.74, 6) is 0.468. The molecule has 0 saturated heterocycles. The maximum Gasteiger partial charge on any atom is 0.265 e. The van der Waals surface area contributed by atoms with Gasteiger partial charge in [-0.15, -0.1) is 5.10 Å². The van der Waals surface area contributed by atoms with Gasteiger partial charge in [0.2, 0.25) is 5.13 Å². The van der Waals surface area contributed by atoms with Crippen LogP contribution in [0, 0.1) is 18.3 Å². The highest BCUT2D eigenvalue weighted by Gasteiger charge is 2.22. The van der Waals surface area contributed by atoms with Crippen molar-refractivity contribution in [2.75, 3.05) is 14.1 Å². The number of halogens is 1. The molecule has 0 bridgehead atoms. The lowest BCUT2D eigenvalue weighted by atomic mass is 10.1. The van der Waals surface area contributed by atoms with Crippen LogP contribution in [0.1, 0.15) is 50.2 Å². The summed E-state index contributed by atoms with van der Waals surface area (Å²) >= 11 is 7.28. The molecular weight excluding hydrogens is 438 g/mol. The number of aryl methyl sites for hydroxylation is 1. The molecule has 3 rings (SSSR count).